The van der Waals surface area contributed by atoms with Crippen LogP contribution in [0.25, 0.3) is 0 Å². The molecule has 0 saturated heterocycles. The van der Waals surface area contributed by atoms with Gasteiger partial charge in [0.05, 0.1) is 15.7 Å². The second kappa shape index (κ2) is 5.78. The van der Waals surface area contributed by atoms with Gasteiger partial charge in [0.2, 0.25) is 0 Å². The fourth-order valence-corrected chi connectivity index (χ4v) is 2.84. The summed E-state index contributed by atoms with van der Waals surface area (Å²) in [4.78, 5) is 0.256. The number of para-hydroxylation sites is 1. The molecule has 0 saturated carbocycles. The highest BCUT2D eigenvalue weighted by atomic mass is 32.2. The molecule has 94 valence electrons. The summed E-state index contributed by atoms with van der Waals surface area (Å²) >= 11 is 0. The van der Waals surface area contributed by atoms with E-state index in [9.17, 15) is 8.60 Å². The van der Waals surface area contributed by atoms with Crippen LogP contribution in [0.2, 0.25) is 0 Å². The van der Waals surface area contributed by atoms with Crippen LogP contribution in [-0.2, 0) is 17.2 Å². The van der Waals surface area contributed by atoms with Gasteiger partial charge >= 0.3 is 0 Å². The maximum atomic E-state index is 13.4. The topological polar surface area (TPSA) is 43.1 Å². The Labute approximate surface area is 108 Å². The third-order valence-electron chi connectivity index (χ3n) is 2.69. The van der Waals surface area contributed by atoms with Crippen molar-refractivity contribution in [3.63, 3.8) is 0 Å². The zero-order valence-electron chi connectivity index (χ0n) is 9.80. The van der Waals surface area contributed by atoms with Gasteiger partial charge in [0, 0.05) is 11.4 Å². The number of nitrogen functional groups attached to an aromatic ring is 1. The average Bonchev–Trinajstić information content (AvgIpc) is 2.38. The molecule has 0 radical (unpaired) electrons. The molecule has 0 aromatic heterocycles. The fourth-order valence-electron chi connectivity index (χ4n) is 1.70. The standard InChI is InChI=1S/C14H14FNOS/c15-12-6-2-4-8-14(12)18(17)10-9-11-5-1-3-7-13(11)16/h1-8H,9-10,16H2. The minimum absolute atomic E-state index is 0.256. The lowest BCUT2D eigenvalue weighted by Crippen LogP contribution is -2.05. The van der Waals surface area contributed by atoms with Gasteiger partial charge < -0.3 is 5.73 Å². The Morgan fingerprint density at radius 1 is 1.06 bits per heavy atom. The maximum Gasteiger partial charge on any atom is 0.139 e. The van der Waals surface area contributed by atoms with Crippen LogP contribution in [0.5, 0.6) is 0 Å². The van der Waals surface area contributed by atoms with Crippen molar-refractivity contribution in [3.05, 3.63) is 59.9 Å². The van der Waals surface area contributed by atoms with E-state index in [0.29, 0.717) is 17.9 Å². The first-order valence-electron chi connectivity index (χ1n) is 5.65. The largest absolute Gasteiger partial charge is 0.399 e. The predicted octanol–water partition coefficient (Wildman–Crippen LogP) is 2.76. The molecule has 1 unspecified atom stereocenters. The summed E-state index contributed by atoms with van der Waals surface area (Å²) < 4.78 is 25.4. The van der Waals surface area contributed by atoms with Gasteiger partial charge in [0.15, 0.2) is 0 Å². The number of hydrogen-bond donors (Lipinski definition) is 1. The second-order valence-electron chi connectivity index (χ2n) is 3.93. The number of aryl methyl sites for hydroxylation is 1. The van der Waals surface area contributed by atoms with Crippen molar-refractivity contribution in [3.8, 4) is 0 Å². The van der Waals surface area contributed by atoms with Crippen molar-refractivity contribution >= 4 is 16.5 Å². The normalized spacial score (nSPS) is 12.3. The van der Waals surface area contributed by atoms with Crippen molar-refractivity contribution in [1.82, 2.24) is 0 Å². The Hall–Kier alpha value is -1.68. The Balaban J connectivity index is 2.06. The van der Waals surface area contributed by atoms with Crippen LogP contribution in [0, 0.1) is 5.82 Å². The number of rotatable bonds is 4. The summed E-state index contributed by atoms with van der Waals surface area (Å²) in [5, 5.41) is 0. The third kappa shape index (κ3) is 2.96. The fraction of sp³-hybridized carbons (Fsp3) is 0.143. The molecule has 0 aliphatic heterocycles. The summed E-state index contributed by atoms with van der Waals surface area (Å²) in [6.45, 7) is 0. The molecule has 0 heterocycles. The number of benzene rings is 2. The highest BCUT2D eigenvalue weighted by molar-refractivity contribution is 7.85. The molecule has 0 amide bonds. The minimum atomic E-state index is -1.33. The number of anilines is 1. The van der Waals surface area contributed by atoms with Crippen molar-refractivity contribution in [2.24, 2.45) is 0 Å². The van der Waals surface area contributed by atoms with Gasteiger partial charge in [0.1, 0.15) is 5.82 Å². The van der Waals surface area contributed by atoms with E-state index in [1.54, 1.807) is 24.3 Å². The van der Waals surface area contributed by atoms with Gasteiger partial charge in [-0.1, -0.05) is 30.3 Å². The van der Waals surface area contributed by atoms with Gasteiger partial charge in [-0.15, -0.1) is 0 Å². The number of hydrogen-bond acceptors (Lipinski definition) is 2. The molecule has 1 atom stereocenters. The molecule has 2 rings (SSSR count). The quantitative estimate of drug-likeness (QED) is 0.862. The lowest BCUT2D eigenvalue weighted by atomic mass is 10.1. The van der Waals surface area contributed by atoms with Gasteiger partial charge in [-0.25, -0.2) is 4.39 Å². The number of nitrogens with two attached hydrogens (primary N) is 1. The Morgan fingerprint density at radius 3 is 2.44 bits per heavy atom. The van der Waals surface area contributed by atoms with E-state index in [1.807, 2.05) is 18.2 Å². The molecule has 18 heavy (non-hydrogen) atoms. The first kappa shape index (κ1) is 12.8. The van der Waals surface area contributed by atoms with Gasteiger partial charge in [-0.2, -0.15) is 0 Å². The molecule has 4 heteroatoms. The van der Waals surface area contributed by atoms with E-state index in [0.717, 1.165) is 5.56 Å². The smallest absolute Gasteiger partial charge is 0.139 e. The summed E-state index contributed by atoms with van der Waals surface area (Å²) in [7, 11) is -1.33. The maximum absolute atomic E-state index is 13.4. The van der Waals surface area contributed by atoms with E-state index in [-0.39, 0.29) is 4.90 Å². The lowest BCUT2D eigenvalue weighted by molar-refractivity contribution is 0.595. The Bertz CT molecular complexity index is 571. The van der Waals surface area contributed by atoms with E-state index >= 15 is 0 Å². The Morgan fingerprint density at radius 2 is 1.72 bits per heavy atom. The first-order chi connectivity index (χ1) is 8.68. The van der Waals surface area contributed by atoms with Crippen LogP contribution in [0.3, 0.4) is 0 Å². The average molecular weight is 263 g/mol. The van der Waals surface area contributed by atoms with Crippen molar-refractivity contribution in [2.75, 3.05) is 11.5 Å². The zero-order valence-corrected chi connectivity index (χ0v) is 10.6. The highest BCUT2D eigenvalue weighted by Crippen LogP contribution is 2.15. The molecule has 2 N–H and O–H groups in total. The van der Waals surface area contributed by atoms with Crippen LogP contribution in [0.15, 0.2) is 53.4 Å². The van der Waals surface area contributed by atoms with E-state index < -0.39 is 16.6 Å². The second-order valence-corrected chi connectivity index (χ2v) is 5.47. The molecule has 0 aliphatic rings. The van der Waals surface area contributed by atoms with Crippen LogP contribution < -0.4 is 5.73 Å². The summed E-state index contributed by atoms with van der Waals surface area (Å²) in [6.07, 6.45) is 0.577. The first-order valence-corrected chi connectivity index (χ1v) is 6.96. The van der Waals surface area contributed by atoms with Crippen LogP contribution in [0.1, 0.15) is 5.56 Å². The van der Waals surface area contributed by atoms with E-state index in [1.165, 1.54) is 6.07 Å². The van der Waals surface area contributed by atoms with Crippen LogP contribution in [0.4, 0.5) is 10.1 Å². The SMILES string of the molecule is Nc1ccccc1CCS(=O)c1ccccc1F. The molecule has 2 aromatic carbocycles. The van der Waals surface area contributed by atoms with Gasteiger partial charge in [-0.3, -0.25) is 4.21 Å². The van der Waals surface area contributed by atoms with Crippen LogP contribution >= 0.6 is 0 Å². The van der Waals surface area contributed by atoms with Crippen molar-refractivity contribution < 1.29 is 8.60 Å². The molecule has 0 bridgehead atoms. The van der Waals surface area contributed by atoms with Crippen molar-refractivity contribution in [2.45, 2.75) is 11.3 Å². The van der Waals surface area contributed by atoms with Crippen molar-refractivity contribution in [1.29, 1.82) is 0 Å². The predicted molar refractivity (Wildman–Crippen MR) is 72.2 cm³/mol. The third-order valence-corrected chi connectivity index (χ3v) is 4.09. The lowest BCUT2D eigenvalue weighted by Gasteiger charge is -2.06. The van der Waals surface area contributed by atoms with E-state index in [2.05, 4.69) is 0 Å². The molecule has 0 aliphatic carbocycles. The van der Waals surface area contributed by atoms with Gasteiger partial charge in [-0.05, 0) is 30.2 Å². The minimum Gasteiger partial charge on any atom is -0.399 e. The summed E-state index contributed by atoms with van der Waals surface area (Å²) in [5.74, 6) is -0.0494. The summed E-state index contributed by atoms with van der Waals surface area (Å²) in [6, 6.07) is 13.6. The highest BCUT2D eigenvalue weighted by Gasteiger charge is 2.09. The summed E-state index contributed by atoms with van der Waals surface area (Å²) in [5.41, 5.74) is 7.43. The molecular weight excluding hydrogens is 249 g/mol. The Kier molecular flexibility index (Phi) is 4.10. The number of halogens is 1. The molecule has 2 aromatic rings. The van der Waals surface area contributed by atoms with Gasteiger partial charge in [0.25, 0.3) is 0 Å². The monoisotopic (exact) mass is 263 g/mol. The zero-order chi connectivity index (χ0) is 13.0. The molecule has 2 nitrogen and oxygen atoms in total. The molecule has 0 spiro atoms. The molecule has 0 fully saturated rings. The van der Waals surface area contributed by atoms with E-state index in [4.69, 9.17) is 5.73 Å². The molecular formula is C14H14FNOS. The van der Waals surface area contributed by atoms with Crippen LogP contribution in [-0.4, -0.2) is 9.96 Å².